The molecule has 0 amide bonds. The number of aromatic nitrogens is 6. The summed E-state index contributed by atoms with van der Waals surface area (Å²) in [5, 5.41) is 19.8. The molecule has 4 atom stereocenters. The maximum atomic E-state index is 14.3. The lowest BCUT2D eigenvalue weighted by molar-refractivity contribution is 0.132. The third kappa shape index (κ3) is 4.03. The molecule has 3 aromatic heterocycles. The fourth-order valence-electron chi connectivity index (χ4n) is 4.96. The number of hydrogen-bond acceptors (Lipinski definition) is 8. The van der Waals surface area contributed by atoms with E-state index in [0.717, 1.165) is 24.3 Å². The van der Waals surface area contributed by atoms with E-state index in [1.165, 1.54) is 23.8 Å². The first kappa shape index (κ1) is 23.3. The Morgan fingerprint density at radius 1 is 1.20 bits per heavy atom. The van der Waals surface area contributed by atoms with Gasteiger partial charge < -0.3 is 20.5 Å². The summed E-state index contributed by atoms with van der Waals surface area (Å²) >= 11 is 0. The number of ether oxygens (including phenoxy) is 1. The van der Waals surface area contributed by atoms with Crippen molar-refractivity contribution in [2.75, 3.05) is 30.8 Å². The average molecular weight is 483 g/mol. The Bertz CT molecular complexity index is 1400. The van der Waals surface area contributed by atoms with Gasteiger partial charge >= 0.3 is 0 Å². The minimum absolute atomic E-state index is 0.0421. The molecule has 1 aliphatic rings. The van der Waals surface area contributed by atoms with Gasteiger partial charge in [-0.2, -0.15) is 9.61 Å². The largest absolute Gasteiger partial charge is 0.494 e. The summed E-state index contributed by atoms with van der Waals surface area (Å²) in [4.78, 5) is 11.5. The van der Waals surface area contributed by atoms with Crippen LogP contribution >= 0.6 is 0 Å². The zero-order chi connectivity index (χ0) is 25.0. The summed E-state index contributed by atoms with van der Waals surface area (Å²) < 4.78 is 22.9. The van der Waals surface area contributed by atoms with Crippen LogP contribution in [0.3, 0.4) is 0 Å². The molecule has 5 rings (SSSR count). The van der Waals surface area contributed by atoms with Crippen LogP contribution in [0.2, 0.25) is 0 Å². The van der Waals surface area contributed by atoms with Crippen molar-refractivity contribution in [3.8, 4) is 5.75 Å². The Morgan fingerprint density at radius 2 is 1.97 bits per heavy atom. The van der Waals surface area contributed by atoms with E-state index in [9.17, 15) is 9.50 Å². The molecule has 3 N–H and O–H groups in total. The van der Waals surface area contributed by atoms with Crippen LogP contribution in [0.5, 0.6) is 5.75 Å². The van der Waals surface area contributed by atoms with E-state index in [0.29, 0.717) is 40.6 Å². The smallest absolute Gasteiger partial charge is 0.223 e. The molecule has 4 aromatic rings. The number of nitrogens with zero attached hydrogens (tertiary/aromatic N) is 7. The topological polar surface area (TPSA) is 120 Å². The van der Waals surface area contributed by atoms with Crippen LogP contribution in [0.15, 0.2) is 18.3 Å². The lowest BCUT2D eigenvalue weighted by atomic mass is 9.89. The first-order valence-electron chi connectivity index (χ1n) is 11.8. The third-order valence-corrected chi connectivity index (χ3v) is 6.94. The van der Waals surface area contributed by atoms with Gasteiger partial charge in [-0.25, -0.2) is 14.4 Å². The van der Waals surface area contributed by atoms with E-state index in [1.807, 2.05) is 24.7 Å². The molecule has 186 valence electrons. The summed E-state index contributed by atoms with van der Waals surface area (Å²) in [6.07, 6.45) is 2.41. The number of halogens is 1. The molecule has 0 bridgehead atoms. The Hall–Kier alpha value is -3.47. The van der Waals surface area contributed by atoms with Gasteiger partial charge in [-0.05, 0) is 39.2 Å². The van der Waals surface area contributed by atoms with Gasteiger partial charge in [0.15, 0.2) is 11.5 Å². The van der Waals surface area contributed by atoms with Crippen molar-refractivity contribution in [3.63, 3.8) is 0 Å². The standard InChI is InChI=1S/C24H31FN8O2/c1-12-6-16(10-31(9-12)19-11-32(29-13(19)2)14(3)15(4)34)22-28-23-18-7-17(25)8-20(35-5)21(18)27-24(26)33(23)30-22/h7-8,11-12,14-16,34H,6,9-10H2,1-5H3,(H2,26,27)/t12-,14+,15+,16+/m1/s1. The monoisotopic (exact) mass is 482 g/mol. The SMILES string of the molecule is COc1cc(F)cc2c1nc(N)n1nc([C@H]3C[C@@H](C)CN(c4cn([C@@H](C)[C@H](C)O)nc4C)C3)nc21. The number of aliphatic hydroxyl groups is 1. The molecular formula is C24H31FN8O2. The molecule has 0 radical (unpaired) electrons. The number of aryl methyl sites for hydroxylation is 1. The van der Waals surface area contributed by atoms with E-state index in [2.05, 4.69) is 27.0 Å². The quantitative estimate of drug-likeness (QED) is 0.445. The lowest BCUT2D eigenvalue weighted by Gasteiger charge is -2.36. The molecule has 4 heterocycles. The summed E-state index contributed by atoms with van der Waals surface area (Å²) in [6.45, 7) is 9.50. The summed E-state index contributed by atoms with van der Waals surface area (Å²) in [5.74, 6) is 1.11. The molecule has 1 aliphatic heterocycles. The number of anilines is 2. The van der Waals surface area contributed by atoms with Gasteiger partial charge in [0.2, 0.25) is 5.95 Å². The molecule has 10 nitrogen and oxygen atoms in total. The van der Waals surface area contributed by atoms with Gasteiger partial charge in [0.25, 0.3) is 0 Å². The summed E-state index contributed by atoms with van der Waals surface area (Å²) in [6, 6.07) is 2.54. The van der Waals surface area contributed by atoms with Crippen molar-refractivity contribution in [3.05, 3.63) is 35.7 Å². The highest BCUT2D eigenvalue weighted by Crippen LogP contribution is 2.35. The number of hydrogen-bond donors (Lipinski definition) is 2. The van der Waals surface area contributed by atoms with Crippen molar-refractivity contribution in [2.45, 2.75) is 52.2 Å². The first-order chi connectivity index (χ1) is 16.7. The van der Waals surface area contributed by atoms with Crippen LogP contribution in [0.25, 0.3) is 16.6 Å². The van der Waals surface area contributed by atoms with Crippen molar-refractivity contribution >= 4 is 28.2 Å². The van der Waals surface area contributed by atoms with Crippen molar-refractivity contribution in [1.29, 1.82) is 0 Å². The normalized spacial score (nSPS) is 20.5. The molecule has 35 heavy (non-hydrogen) atoms. The number of benzene rings is 1. The van der Waals surface area contributed by atoms with E-state index in [-0.39, 0.29) is 17.9 Å². The molecule has 0 unspecified atom stereocenters. The minimum Gasteiger partial charge on any atom is -0.494 e. The zero-order valence-electron chi connectivity index (χ0n) is 20.6. The van der Waals surface area contributed by atoms with Gasteiger partial charge in [-0.1, -0.05) is 6.92 Å². The molecule has 1 saturated heterocycles. The number of rotatable bonds is 5. The van der Waals surface area contributed by atoms with Gasteiger partial charge in [0.05, 0.1) is 36.0 Å². The second-order valence-electron chi connectivity index (χ2n) is 9.68. The Kier molecular flexibility index (Phi) is 5.74. The zero-order valence-corrected chi connectivity index (χ0v) is 20.6. The predicted octanol–water partition coefficient (Wildman–Crippen LogP) is 3.08. The lowest BCUT2D eigenvalue weighted by Crippen LogP contribution is -2.39. The van der Waals surface area contributed by atoms with E-state index < -0.39 is 11.9 Å². The molecular weight excluding hydrogens is 451 g/mol. The summed E-state index contributed by atoms with van der Waals surface area (Å²) in [5.41, 5.74) is 9.07. The van der Waals surface area contributed by atoms with Gasteiger partial charge in [-0.15, -0.1) is 5.10 Å². The average Bonchev–Trinajstić information content (AvgIpc) is 3.43. The Balaban J connectivity index is 1.53. The predicted molar refractivity (Wildman–Crippen MR) is 131 cm³/mol. The highest BCUT2D eigenvalue weighted by molar-refractivity contribution is 5.95. The van der Waals surface area contributed by atoms with Crippen molar-refractivity contribution in [2.24, 2.45) is 5.92 Å². The van der Waals surface area contributed by atoms with Crippen LogP contribution in [-0.4, -0.2) is 60.8 Å². The van der Waals surface area contributed by atoms with Crippen LogP contribution in [-0.2, 0) is 0 Å². The Morgan fingerprint density at radius 3 is 2.69 bits per heavy atom. The Labute approximate surface area is 202 Å². The van der Waals surface area contributed by atoms with Crippen LogP contribution < -0.4 is 15.4 Å². The van der Waals surface area contributed by atoms with Crippen LogP contribution in [0.1, 0.15) is 50.7 Å². The maximum Gasteiger partial charge on any atom is 0.223 e. The number of nitrogens with two attached hydrogens (primary N) is 1. The van der Waals surface area contributed by atoms with Crippen LogP contribution in [0.4, 0.5) is 16.0 Å². The molecule has 0 saturated carbocycles. The van der Waals surface area contributed by atoms with Gasteiger partial charge in [-0.3, -0.25) is 4.68 Å². The van der Waals surface area contributed by atoms with E-state index in [1.54, 1.807) is 6.92 Å². The minimum atomic E-state index is -0.505. The molecule has 0 spiro atoms. The number of nitrogen functional groups attached to an aromatic ring is 1. The molecule has 1 fully saturated rings. The number of piperidine rings is 1. The number of aliphatic hydroxyl groups excluding tert-OH is 1. The molecule has 0 aliphatic carbocycles. The second kappa shape index (κ2) is 8.63. The highest BCUT2D eigenvalue weighted by Gasteiger charge is 2.31. The maximum absolute atomic E-state index is 14.3. The third-order valence-electron chi connectivity index (χ3n) is 6.94. The number of fused-ring (bicyclic) bond motifs is 3. The van der Waals surface area contributed by atoms with E-state index in [4.69, 9.17) is 15.5 Å². The van der Waals surface area contributed by atoms with Crippen molar-refractivity contribution < 1.29 is 14.2 Å². The molecule has 1 aromatic carbocycles. The van der Waals surface area contributed by atoms with Gasteiger partial charge in [0.1, 0.15) is 17.1 Å². The fourth-order valence-corrected chi connectivity index (χ4v) is 4.96. The first-order valence-corrected chi connectivity index (χ1v) is 11.8. The number of methoxy groups -OCH3 is 1. The summed E-state index contributed by atoms with van der Waals surface area (Å²) in [7, 11) is 1.47. The van der Waals surface area contributed by atoms with Gasteiger partial charge in [0, 0.05) is 31.3 Å². The highest BCUT2D eigenvalue weighted by atomic mass is 19.1. The second-order valence-corrected chi connectivity index (χ2v) is 9.68. The van der Waals surface area contributed by atoms with E-state index >= 15 is 0 Å². The van der Waals surface area contributed by atoms with Crippen molar-refractivity contribution in [1.82, 2.24) is 29.4 Å². The van der Waals surface area contributed by atoms with Crippen LogP contribution in [0, 0.1) is 18.7 Å². The fraction of sp³-hybridized carbons (Fsp3) is 0.500. The molecule has 11 heteroatoms.